The number of rotatable bonds is 6. The molecular weight excluding hydrogens is 356 g/mol. The van der Waals surface area contributed by atoms with E-state index >= 15 is 0 Å². The van der Waals surface area contributed by atoms with Gasteiger partial charge in [-0.2, -0.15) is 0 Å². The topological polar surface area (TPSA) is 114 Å². The predicted molar refractivity (Wildman–Crippen MR) is 106 cm³/mol. The van der Waals surface area contributed by atoms with Gasteiger partial charge in [0.2, 0.25) is 0 Å². The molecule has 0 aliphatic rings. The molecule has 0 bridgehead atoms. The molecule has 0 radical (unpaired) electrons. The molecular formula is C21H18N4O3. The molecule has 1 heterocycles. The van der Waals surface area contributed by atoms with Crippen molar-refractivity contribution < 1.29 is 14.4 Å². The van der Waals surface area contributed by atoms with E-state index < -0.39 is 5.91 Å². The Balaban J connectivity index is 1.59. The molecule has 3 aromatic rings. The highest BCUT2D eigenvalue weighted by Crippen LogP contribution is 2.18. The molecule has 7 heteroatoms. The summed E-state index contributed by atoms with van der Waals surface area (Å²) in [6.07, 6.45) is 1.50. The Morgan fingerprint density at radius 1 is 0.821 bits per heavy atom. The van der Waals surface area contributed by atoms with Crippen LogP contribution in [0.15, 0.2) is 72.9 Å². The number of hydrogen-bond acceptors (Lipinski definition) is 5. The fraction of sp³-hybridized carbons (Fsp3) is 0.0476. The number of benzene rings is 2. The summed E-state index contributed by atoms with van der Waals surface area (Å²) < 4.78 is 0. The zero-order valence-electron chi connectivity index (χ0n) is 14.9. The van der Waals surface area contributed by atoms with E-state index in [4.69, 9.17) is 5.73 Å². The van der Waals surface area contributed by atoms with Crippen LogP contribution in [-0.4, -0.2) is 29.1 Å². The van der Waals surface area contributed by atoms with Crippen LogP contribution in [0.2, 0.25) is 0 Å². The third kappa shape index (κ3) is 4.59. The number of nitrogen functional groups attached to an aromatic ring is 1. The fourth-order valence-electron chi connectivity index (χ4n) is 2.46. The normalized spacial score (nSPS) is 10.1. The maximum atomic E-state index is 12.3. The number of aromatic nitrogens is 1. The molecule has 0 saturated heterocycles. The second-order valence-electron chi connectivity index (χ2n) is 5.94. The lowest BCUT2D eigenvalue weighted by atomic mass is 10.1. The average molecular weight is 374 g/mol. The fourth-order valence-corrected chi connectivity index (χ4v) is 2.46. The van der Waals surface area contributed by atoms with Crippen LogP contribution in [0.4, 0.5) is 11.4 Å². The summed E-state index contributed by atoms with van der Waals surface area (Å²) in [4.78, 5) is 40.4. The molecule has 28 heavy (non-hydrogen) atoms. The number of anilines is 2. The Morgan fingerprint density at radius 3 is 2.18 bits per heavy atom. The van der Waals surface area contributed by atoms with Crippen LogP contribution in [-0.2, 0) is 0 Å². The van der Waals surface area contributed by atoms with Crippen molar-refractivity contribution in [2.45, 2.75) is 0 Å². The monoisotopic (exact) mass is 374 g/mol. The van der Waals surface area contributed by atoms with Crippen LogP contribution in [0, 0.1) is 0 Å². The zero-order valence-corrected chi connectivity index (χ0v) is 14.9. The van der Waals surface area contributed by atoms with Crippen molar-refractivity contribution in [3.8, 4) is 0 Å². The molecule has 0 aliphatic heterocycles. The van der Waals surface area contributed by atoms with Crippen molar-refractivity contribution in [3.63, 3.8) is 0 Å². The molecule has 7 nitrogen and oxygen atoms in total. The van der Waals surface area contributed by atoms with Gasteiger partial charge in [0.1, 0.15) is 5.69 Å². The van der Waals surface area contributed by atoms with Crippen molar-refractivity contribution in [2.75, 3.05) is 17.6 Å². The summed E-state index contributed by atoms with van der Waals surface area (Å²) in [6.45, 7) is -0.165. The van der Waals surface area contributed by atoms with Gasteiger partial charge in [-0.25, -0.2) is 0 Å². The second kappa shape index (κ2) is 8.59. The first-order chi connectivity index (χ1) is 13.5. The van der Waals surface area contributed by atoms with Gasteiger partial charge in [-0.3, -0.25) is 19.4 Å². The minimum Gasteiger partial charge on any atom is -0.397 e. The summed E-state index contributed by atoms with van der Waals surface area (Å²) in [5, 5.41) is 5.25. The summed E-state index contributed by atoms with van der Waals surface area (Å²) >= 11 is 0. The first kappa shape index (κ1) is 18.8. The van der Waals surface area contributed by atoms with Crippen molar-refractivity contribution in [2.24, 2.45) is 0 Å². The van der Waals surface area contributed by atoms with Crippen molar-refractivity contribution in [3.05, 3.63) is 89.7 Å². The Kier molecular flexibility index (Phi) is 5.76. The van der Waals surface area contributed by atoms with E-state index in [9.17, 15) is 14.4 Å². The zero-order chi connectivity index (χ0) is 19.9. The van der Waals surface area contributed by atoms with Crippen molar-refractivity contribution in [1.29, 1.82) is 0 Å². The van der Waals surface area contributed by atoms with E-state index in [2.05, 4.69) is 15.6 Å². The number of para-hydroxylation sites is 2. The third-order valence-electron chi connectivity index (χ3n) is 3.99. The van der Waals surface area contributed by atoms with Crippen molar-refractivity contribution in [1.82, 2.24) is 10.3 Å². The number of nitrogens with one attached hydrogen (secondary N) is 2. The number of ketones is 1. The Labute approximate surface area is 161 Å². The third-order valence-corrected chi connectivity index (χ3v) is 3.99. The smallest absolute Gasteiger partial charge is 0.270 e. The number of amides is 2. The molecule has 140 valence electrons. The molecule has 2 amide bonds. The van der Waals surface area contributed by atoms with Gasteiger partial charge in [-0.1, -0.05) is 30.3 Å². The molecule has 0 spiro atoms. The maximum absolute atomic E-state index is 12.3. The van der Waals surface area contributed by atoms with Crippen LogP contribution in [0.1, 0.15) is 31.2 Å². The first-order valence-electron chi connectivity index (χ1n) is 8.53. The Morgan fingerprint density at radius 2 is 1.50 bits per heavy atom. The number of hydrogen-bond donors (Lipinski definition) is 3. The molecule has 0 atom stereocenters. The molecule has 0 fully saturated rings. The second-order valence-corrected chi connectivity index (χ2v) is 5.94. The largest absolute Gasteiger partial charge is 0.397 e. The van der Waals surface area contributed by atoms with Crippen LogP contribution in [0.3, 0.4) is 0 Å². The number of carbonyl (C=O) groups is 3. The molecule has 4 N–H and O–H groups in total. The quantitative estimate of drug-likeness (QED) is 0.453. The lowest BCUT2D eigenvalue weighted by molar-refractivity contribution is 0.0901. The van der Waals surface area contributed by atoms with E-state index in [-0.39, 0.29) is 23.9 Å². The minimum atomic E-state index is -0.426. The number of nitrogens with two attached hydrogens (primary N) is 1. The average Bonchev–Trinajstić information content (AvgIpc) is 2.74. The van der Waals surface area contributed by atoms with E-state index in [1.807, 2.05) is 0 Å². The van der Waals surface area contributed by atoms with Crippen molar-refractivity contribution >= 4 is 29.0 Å². The molecule has 0 saturated carbocycles. The van der Waals surface area contributed by atoms with Crippen LogP contribution < -0.4 is 16.4 Å². The molecule has 0 aliphatic carbocycles. The molecule has 2 aromatic carbocycles. The lowest BCUT2D eigenvalue weighted by Crippen LogP contribution is -2.30. The summed E-state index contributed by atoms with van der Waals surface area (Å²) in [6, 6.07) is 18.1. The molecule has 3 rings (SSSR count). The summed E-state index contributed by atoms with van der Waals surface area (Å²) in [5.74, 6) is -1.03. The van der Waals surface area contributed by atoms with Crippen LogP contribution >= 0.6 is 0 Å². The highest BCUT2D eigenvalue weighted by atomic mass is 16.2. The van der Waals surface area contributed by atoms with Crippen LogP contribution in [0.5, 0.6) is 0 Å². The highest BCUT2D eigenvalue weighted by Gasteiger charge is 2.12. The van der Waals surface area contributed by atoms with E-state index in [0.29, 0.717) is 22.5 Å². The lowest BCUT2D eigenvalue weighted by Gasteiger charge is -2.08. The summed E-state index contributed by atoms with van der Waals surface area (Å²) in [5.41, 5.74) is 7.81. The van der Waals surface area contributed by atoms with Crippen LogP contribution in [0.25, 0.3) is 0 Å². The number of carbonyl (C=O) groups excluding carboxylic acids is 3. The van der Waals surface area contributed by atoms with Gasteiger partial charge in [-0.15, -0.1) is 0 Å². The van der Waals surface area contributed by atoms with E-state index in [0.717, 1.165) is 0 Å². The van der Waals surface area contributed by atoms with Gasteiger partial charge in [0.15, 0.2) is 5.78 Å². The standard InChI is InChI=1S/C21H18N4O3/c22-16-5-1-2-6-17(16)25-20(27)15-10-8-14(9-11-15)19(26)13-24-21(28)18-7-3-4-12-23-18/h1-12H,13,22H2,(H,24,28)(H,25,27). The number of pyridine rings is 1. The highest BCUT2D eigenvalue weighted by molar-refractivity contribution is 6.07. The number of Topliss-reactive ketones (excluding diaryl/α,β-unsaturated/α-hetero) is 1. The van der Waals surface area contributed by atoms with Gasteiger partial charge < -0.3 is 16.4 Å². The predicted octanol–water partition coefficient (Wildman–Crippen LogP) is 2.53. The molecule has 1 aromatic heterocycles. The van der Waals surface area contributed by atoms with Gasteiger partial charge in [0.25, 0.3) is 11.8 Å². The van der Waals surface area contributed by atoms with E-state index in [1.165, 1.54) is 6.20 Å². The molecule has 0 unspecified atom stereocenters. The maximum Gasteiger partial charge on any atom is 0.270 e. The Hall–Kier alpha value is -4.00. The number of nitrogens with zero attached hydrogens (tertiary/aromatic N) is 1. The van der Waals surface area contributed by atoms with Gasteiger partial charge in [0.05, 0.1) is 17.9 Å². The van der Waals surface area contributed by atoms with Gasteiger partial charge >= 0.3 is 0 Å². The SMILES string of the molecule is Nc1ccccc1NC(=O)c1ccc(C(=O)CNC(=O)c2ccccn2)cc1. The van der Waals surface area contributed by atoms with Gasteiger partial charge in [0, 0.05) is 17.3 Å². The summed E-state index contributed by atoms with van der Waals surface area (Å²) in [7, 11) is 0. The van der Waals surface area contributed by atoms with E-state index in [1.54, 1.807) is 66.7 Å². The Bertz CT molecular complexity index is 1000. The first-order valence-corrected chi connectivity index (χ1v) is 8.53. The minimum absolute atomic E-state index is 0.165. The van der Waals surface area contributed by atoms with Gasteiger partial charge in [-0.05, 0) is 36.4 Å².